The molecule has 4 fully saturated rings. The summed E-state index contributed by atoms with van der Waals surface area (Å²) in [7, 11) is 0. The van der Waals surface area contributed by atoms with E-state index in [1.54, 1.807) is 0 Å². The minimum absolute atomic E-state index is 0.0328. The van der Waals surface area contributed by atoms with Crippen LogP contribution in [-0.2, 0) is 9.59 Å². The Morgan fingerprint density at radius 3 is 2.32 bits per heavy atom. The van der Waals surface area contributed by atoms with Gasteiger partial charge in [0.15, 0.2) is 5.78 Å². The lowest BCUT2D eigenvalue weighted by Gasteiger charge is -2.74. The van der Waals surface area contributed by atoms with E-state index < -0.39 is 5.41 Å². The van der Waals surface area contributed by atoms with Crippen LogP contribution >= 0.6 is 15.9 Å². The van der Waals surface area contributed by atoms with Crippen molar-refractivity contribution in [2.45, 2.75) is 106 Å². The Balaban J connectivity index is 1.66. The van der Waals surface area contributed by atoms with Gasteiger partial charge in [-0.15, -0.1) is 0 Å². The van der Waals surface area contributed by atoms with Crippen LogP contribution < -0.4 is 0 Å². The number of alkyl halides is 1. The molecular formula is C33H48BrNO3. The molecule has 4 nitrogen and oxygen atoms in total. The smallest absolute Gasteiger partial charge is 0.178 e. The number of carbonyl (C=O) groups excluding carboxylic acids is 2. The van der Waals surface area contributed by atoms with Gasteiger partial charge in [0, 0.05) is 22.1 Å². The normalized spacial score (nSPS) is 49.7. The third-order valence-corrected chi connectivity index (χ3v) is 14.4. The maximum Gasteiger partial charge on any atom is 0.178 e. The molecule has 10 atom stereocenters. The summed E-state index contributed by atoms with van der Waals surface area (Å²) in [5.41, 5.74) is -0.630. The molecule has 5 heteroatoms. The first-order valence-corrected chi connectivity index (χ1v) is 16.1. The summed E-state index contributed by atoms with van der Waals surface area (Å²) in [6.45, 7) is 16.0. The average molecular weight is 587 g/mol. The second-order valence-electron chi connectivity index (χ2n) is 16.0. The van der Waals surface area contributed by atoms with Gasteiger partial charge in [0.25, 0.3) is 0 Å². The van der Waals surface area contributed by atoms with E-state index in [0.29, 0.717) is 17.2 Å². The summed E-state index contributed by atoms with van der Waals surface area (Å²) < 4.78 is 0. The zero-order valence-corrected chi connectivity index (χ0v) is 26.2. The number of Topliss-reactive ketones (excluding diaryl/α,β-unsaturated/α-hetero) is 1. The lowest BCUT2D eigenvalue weighted by molar-refractivity contribution is -0.253. The van der Waals surface area contributed by atoms with Crippen molar-refractivity contribution in [2.24, 2.45) is 62.1 Å². The van der Waals surface area contributed by atoms with Gasteiger partial charge < -0.3 is 9.90 Å². The SMILES string of the molecule is CC1(C)CC[C@]2([C@H](O)CBr)CC[C@]3(C)C(CC(C=O)[C@@H]4[C@@]5(C)C=C(C#N)C(=O)C(C)(C)[C@@H]5CC[C@]43C)C2C1. The zero-order valence-electron chi connectivity index (χ0n) is 24.6. The van der Waals surface area contributed by atoms with E-state index in [2.05, 4.69) is 56.6 Å². The topological polar surface area (TPSA) is 78.2 Å². The first kappa shape index (κ1) is 28.5. The Morgan fingerprint density at radius 1 is 1.05 bits per heavy atom. The van der Waals surface area contributed by atoms with Crippen molar-refractivity contribution in [2.75, 3.05) is 5.33 Å². The number of ketones is 1. The number of nitriles is 1. The van der Waals surface area contributed by atoms with E-state index in [1.807, 2.05) is 19.9 Å². The molecule has 5 aliphatic rings. The second-order valence-corrected chi connectivity index (χ2v) is 16.7. The number of hydrogen-bond acceptors (Lipinski definition) is 4. The lowest BCUT2D eigenvalue weighted by Crippen LogP contribution is -2.69. The molecule has 4 saturated carbocycles. The first-order chi connectivity index (χ1) is 17.6. The Morgan fingerprint density at radius 2 is 1.71 bits per heavy atom. The van der Waals surface area contributed by atoms with Gasteiger partial charge in [-0.05, 0) is 96.7 Å². The Labute approximate surface area is 238 Å². The van der Waals surface area contributed by atoms with Crippen LogP contribution in [0, 0.1) is 73.4 Å². The van der Waals surface area contributed by atoms with E-state index >= 15 is 0 Å². The zero-order chi connectivity index (χ0) is 28.1. The highest BCUT2D eigenvalue weighted by Crippen LogP contribution is 2.77. The van der Waals surface area contributed by atoms with Gasteiger partial charge in [0.1, 0.15) is 12.4 Å². The summed E-state index contributed by atoms with van der Waals surface area (Å²) in [5, 5.41) is 22.1. The van der Waals surface area contributed by atoms with Gasteiger partial charge in [0.2, 0.25) is 0 Å². The molecule has 0 aliphatic heterocycles. The summed E-state index contributed by atoms with van der Waals surface area (Å²) >= 11 is 3.64. The summed E-state index contributed by atoms with van der Waals surface area (Å²) in [5.74, 6) is 0.814. The van der Waals surface area contributed by atoms with E-state index in [-0.39, 0.29) is 62.3 Å². The van der Waals surface area contributed by atoms with Crippen LogP contribution in [0.15, 0.2) is 11.6 Å². The number of nitrogens with zero attached hydrogens (tertiary/aromatic N) is 1. The third-order valence-electron chi connectivity index (χ3n) is 13.8. The van der Waals surface area contributed by atoms with E-state index in [0.717, 1.165) is 51.4 Å². The fourth-order valence-corrected chi connectivity index (χ4v) is 12.4. The van der Waals surface area contributed by atoms with Crippen molar-refractivity contribution in [3.05, 3.63) is 11.6 Å². The Hall–Kier alpha value is -0.990. The molecule has 0 aromatic rings. The van der Waals surface area contributed by atoms with Crippen molar-refractivity contribution < 1.29 is 14.7 Å². The van der Waals surface area contributed by atoms with Gasteiger partial charge in [-0.2, -0.15) is 5.26 Å². The van der Waals surface area contributed by atoms with Gasteiger partial charge in [0.05, 0.1) is 11.7 Å². The molecule has 0 radical (unpaired) electrons. The number of rotatable bonds is 3. The van der Waals surface area contributed by atoms with Crippen molar-refractivity contribution in [1.82, 2.24) is 0 Å². The maximum absolute atomic E-state index is 13.3. The molecule has 0 bridgehead atoms. The molecule has 0 aromatic carbocycles. The predicted octanol–water partition coefficient (Wildman–Crippen LogP) is 7.29. The number of hydrogen-bond donors (Lipinski definition) is 1. The fourth-order valence-electron chi connectivity index (χ4n) is 11.7. The largest absolute Gasteiger partial charge is 0.392 e. The van der Waals surface area contributed by atoms with Crippen LogP contribution in [0.3, 0.4) is 0 Å². The molecular weight excluding hydrogens is 538 g/mol. The summed E-state index contributed by atoms with van der Waals surface area (Å²) in [4.78, 5) is 26.4. The third kappa shape index (κ3) is 3.47. The first-order valence-electron chi connectivity index (χ1n) is 14.9. The van der Waals surface area contributed by atoms with Crippen molar-refractivity contribution in [1.29, 1.82) is 5.26 Å². The fraction of sp³-hybridized carbons (Fsp3) is 0.848. The summed E-state index contributed by atoms with van der Waals surface area (Å²) in [6.07, 6.45) is 11.0. The number of carbonyl (C=O) groups is 2. The van der Waals surface area contributed by atoms with Crippen LogP contribution in [0.5, 0.6) is 0 Å². The number of fused-ring (bicyclic) bond motifs is 7. The minimum atomic E-state index is -0.615. The van der Waals surface area contributed by atoms with E-state index in [4.69, 9.17) is 0 Å². The minimum Gasteiger partial charge on any atom is -0.392 e. The maximum atomic E-state index is 13.3. The molecule has 3 unspecified atom stereocenters. The highest BCUT2D eigenvalue weighted by molar-refractivity contribution is 9.09. The number of aliphatic hydroxyl groups is 1. The number of aliphatic hydroxyl groups excluding tert-OH is 1. The molecule has 0 amide bonds. The molecule has 1 N–H and O–H groups in total. The molecule has 0 aromatic heterocycles. The Kier molecular flexibility index (Phi) is 6.57. The quantitative estimate of drug-likeness (QED) is 0.278. The lowest BCUT2D eigenvalue weighted by atomic mass is 9.30. The molecule has 210 valence electrons. The van der Waals surface area contributed by atoms with Crippen LogP contribution in [0.1, 0.15) is 99.8 Å². The van der Waals surface area contributed by atoms with E-state index in [9.17, 15) is 20.0 Å². The molecule has 0 saturated heterocycles. The van der Waals surface area contributed by atoms with E-state index in [1.165, 1.54) is 6.29 Å². The molecule has 5 rings (SSSR count). The van der Waals surface area contributed by atoms with Gasteiger partial charge >= 0.3 is 0 Å². The number of halogens is 1. The predicted molar refractivity (Wildman–Crippen MR) is 153 cm³/mol. The van der Waals surface area contributed by atoms with Crippen LogP contribution in [-0.4, -0.2) is 28.6 Å². The molecule has 0 spiro atoms. The summed E-state index contributed by atoms with van der Waals surface area (Å²) in [6, 6.07) is 2.24. The number of allylic oxidation sites excluding steroid dienone is 2. The molecule has 0 heterocycles. The van der Waals surface area contributed by atoms with Crippen LogP contribution in [0.4, 0.5) is 0 Å². The Bertz CT molecular complexity index is 1100. The number of aldehydes is 1. The average Bonchev–Trinajstić information content (AvgIpc) is 2.85. The molecule has 38 heavy (non-hydrogen) atoms. The highest BCUT2D eigenvalue weighted by atomic mass is 79.9. The van der Waals surface area contributed by atoms with Crippen LogP contribution in [0.25, 0.3) is 0 Å². The van der Waals surface area contributed by atoms with Gasteiger partial charge in [-0.3, -0.25) is 4.79 Å². The van der Waals surface area contributed by atoms with Crippen molar-refractivity contribution in [3.63, 3.8) is 0 Å². The van der Waals surface area contributed by atoms with Gasteiger partial charge in [-0.25, -0.2) is 0 Å². The standard InChI is InChI=1S/C33H48BrNO3/c1-28(2)10-12-33(25(37)17-34)13-11-31(6)22(23(33)16-28)14-20(19-36)26-30(5)15-21(18-35)27(38)29(3,4)24(30)8-9-32(26,31)7/h15,19-20,22-26,37H,8-14,16-17H2,1-7H3/t20?,22?,23?,24-,25+,26+,30-,31+,32+,33-/m0/s1. The van der Waals surface area contributed by atoms with Gasteiger partial charge in [-0.1, -0.05) is 70.5 Å². The van der Waals surface area contributed by atoms with Crippen molar-refractivity contribution >= 4 is 28.0 Å². The monoisotopic (exact) mass is 585 g/mol. The second kappa shape index (κ2) is 8.75. The van der Waals surface area contributed by atoms with Crippen LogP contribution in [0.2, 0.25) is 0 Å². The molecule has 5 aliphatic carbocycles. The highest BCUT2D eigenvalue weighted by Gasteiger charge is 2.72. The van der Waals surface area contributed by atoms with Crippen molar-refractivity contribution in [3.8, 4) is 6.07 Å².